The van der Waals surface area contributed by atoms with E-state index in [1.165, 1.54) is 56.4 Å². The second kappa shape index (κ2) is 34.9. The number of fused-ring (bicyclic) bond motifs is 16. The van der Waals surface area contributed by atoms with Crippen LogP contribution >= 0.6 is 11.6 Å². The summed E-state index contributed by atoms with van der Waals surface area (Å²) in [6.45, 7) is 5.97. The van der Waals surface area contributed by atoms with Gasteiger partial charge in [0, 0.05) is 28.9 Å². The van der Waals surface area contributed by atoms with Gasteiger partial charge in [0.1, 0.15) is 101 Å². The molecule has 626 valence electrons. The van der Waals surface area contributed by atoms with Gasteiger partial charge in [0.15, 0.2) is 17.6 Å². The number of ether oxygens (including phenoxy) is 6. The van der Waals surface area contributed by atoms with Crippen molar-refractivity contribution in [2.24, 2.45) is 29.6 Å². The number of aliphatic hydroxyl groups is 4. The molecule has 6 aromatic carbocycles. The molecule has 0 spiro atoms. The van der Waals surface area contributed by atoms with Gasteiger partial charge in [-0.15, -0.1) is 0 Å². The van der Waals surface area contributed by atoms with E-state index in [0.29, 0.717) is 37.2 Å². The number of amides is 11. The van der Waals surface area contributed by atoms with Crippen molar-refractivity contribution in [3.8, 4) is 62.9 Å². The van der Waals surface area contributed by atoms with Gasteiger partial charge >= 0.3 is 12.1 Å². The minimum absolute atomic E-state index is 0.0413. The number of aliphatic hydroxyl groups excluding tert-OH is 4. The van der Waals surface area contributed by atoms with Crippen LogP contribution in [0.4, 0.5) is 15.3 Å². The van der Waals surface area contributed by atoms with Crippen molar-refractivity contribution in [2.75, 3.05) is 39.1 Å². The van der Waals surface area contributed by atoms with Crippen LogP contribution in [0.2, 0.25) is 5.02 Å². The number of benzene rings is 6. The minimum atomic E-state index is -2.35. The van der Waals surface area contributed by atoms with Gasteiger partial charge in [0.25, 0.3) is 0 Å². The monoisotopic (exact) mass is 1650 g/mol. The minimum Gasteiger partial charge on any atom is -0.508 e. The summed E-state index contributed by atoms with van der Waals surface area (Å²) >= 11 is 7.21. The highest BCUT2D eigenvalue weighted by Gasteiger charge is 2.53. The van der Waals surface area contributed by atoms with Gasteiger partial charge in [0.2, 0.25) is 59.3 Å². The molecule has 0 unspecified atom stereocenters. The van der Waals surface area contributed by atoms with Crippen LogP contribution in [0, 0.1) is 36.5 Å². The highest BCUT2D eigenvalue weighted by atomic mass is 35.5. The molecule has 35 nitrogen and oxygen atoms in total. The SMILES string of the molecule is CNCCCOc1ccc(NC(=O)NC(=O)C[C@@H]2NC(=O)[C@H](NC(=O)[C@@H](CC(C)C)NC)[C@H](O)c3ccc(c(C)c3)Oc3cc4cc(c3O[C@@H]3O[C@@H]5CNC(=O)O[C@H]5[C@H](O)[C@H]3O)Oc3ccc(cc3Cl)[C@@H](O)[C@@H]3NC(=O)[C@H](NC(=O)[C@@H]4NC2=O)c2ccc(O)c(c2)-c2c(O)cc(O)cc2[C@@H](C(=O)NC2C4CC5CC(C4)CC2C5)NC3=O)cc1. The molecule has 4 saturated carbocycles. The van der Waals surface area contributed by atoms with Gasteiger partial charge in [-0.3, -0.25) is 43.7 Å². The number of hydrogen-bond acceptors (Lipinski definition) is 25. The van der Waals surface area contributed by atoms with Crippen LogP contribution in [0.15, 0.2) is 103 Å². The standard InChI is InChI=1S/C82H93ClN12O23/c1-34(2)19-50(85-5)73(104)94-65-67(100)39-8-15-54(35(3)20-39)114-56-28-43-29-57(71(56)117-80-70(103)69(102)72-58(116-80)33-86-82(112)118-72)115-55-16-9-40(27-49(55)83)68(101)66-79(110)93-64(77(108)90-61-41-22-36-21-37(24-41)25-42(61)23-36)48-30-45(96)31-53(98)60(48)47-26-38(7-14-52(47)97)62(75(106)95-66)92-76(107)63(43)91-74(105)51(88-78(65)109)32-59(99)89-81(111)87-44-10-12-46(13-11-44)113-18-6-17-84-4/h7-16,20,26-31,34,36-37,41-42,50-51,58,61-70,72,80,84-85,96-98,100-103H,6,17-19,21-25,32-33H2,1-5H3,(H,86,112)(H,88,109)(H,90,108)(H,91,105)(H,92,107)(H,93,110)(H,94,104)(H,95,106)(H2,87,89,99,111)/t36?,37?,41?,42?,50-,51+,58-,61?,62-,63-,64+,65-,66+,67-,68-,69-,70-,72-,80+/m1/s1. The predicted octanol–water partition coefficient (Wildman–Crippen LogP) is 3.99. The summed E-state index contributed by atoms with van der Waals surface area (Å²) in [5.41, 5.74) is -1.58. The van der Waals surface area contributed by atoms with Crippen molar-refractivity contribution in [3.63, 3.8) is 0 Å². The number of carbonyl (C=O) groups excluding carboxylic acids is 10. The van der Waals surface area contributed by atoms with Crippen LogP contribution in [-0.2, 0) is 47.8 Å². The third-order valence-electron chi connectivity index (χ3n) is 22.9. The number of urea groups is 1. The first-order chi connectivity index (χ1) is 56.4. The number of halogens is 1. The zero-order valence-electron chi connectivity index (χ0n) is 64.7. The molecule has 0 radical (unpaired) electrons. The van der Waals surface area contributed by atoms with Crippen LogP contribution < -0.4 is 82.7 Å². The molecular formula is C82H93ClN12O23. The summed E-state index contributed by atoms with van der Waals surface area (Å²) < 4.78 is 37.4. The molecule has 6 fully saturated rings. The Bertz CT molecular complexity index is 4890. The molecule has 6 aromatic rings. The molecule has 7 aliphatic heterocycles. The molecule has 36 heteroatoms. The summed E-state index contributed by atoms with van der Waals surface area (Å²) in [6, 6.07) is 5.90. The van der Waals surface area contributed by atoms with Crippen molar-refractivity contribution in [1.29, 1.82) is 0 Å². The smallest absolute Gasteiger partial charge is 0.407 e. The number of nitrogens with one attached hydrogen (secondary N) is 12. The van der Waals surface area contributed by atoms with Crippen molar-refractivity contribution in [3.05, 3.63) is 142 Å². The molecule has 2 saturated heterocycles. The summed E-state index contributed by atoms with van der Waals surface area (Å²) in [7, 11) is 3.29. The van der Waals surface area contributed by atoms with Gasteiger partial charge in [-0.1, -0.05) is 43.6 Å². The molecular weight excluding hydrogens is 1560 g/mol. The lowest BCUT2D eigenvalue weighted by Crippen LogP contribution is -2.65. The summed E-state index contributed by atoms with van der Waals surface area (Å²) in [6.07, 6.45) is -9.53. The third kappa shape index (κ3) is 17.8. The number of aryl methyl sites for hydroxylation is 1. The predicted molar refractivity (Wildman–Crippen MR) is 418 cm³/mol. The van der Waals surface area contributed by atoms with Crippen LogP contribution in [0.25, 0.3) is 11.1 Å². The number of anilines is 1. The lowest BCUT2D eigenvalue weighted by Gasteiger charge is -2.54. The molecule has 4 aliphatic carbocycles. The van der Waals surface area contributed by atoms with E-state index in [2.05, 4.69) is 63.8 Å². The number of phenolic OH excluding ortho intramolecular Hbond substituents is 3. The first-order valence-electron chi connectivity index (χ1n) is 39.1. The number of carbonyl (C=O) groups is 10. The Morgan fingerprint density at radius 2 is 1.31 bits per heavy atom. The van der Waals surface area contributed by atoms with E-state index in [-0.39, 0.29) is 97.9 Å². The number of hydrogen-bond donors (Lipinski definition) is 19. The van der Waals surface area contributed by atoms with Gasteiger partial charge in [-0.05, 0) is 214 Å². The Morgan fingerprint density at radius 3 is 1.99 bits per heavy atom. The van der Waals surface area contributed by atoms with E-state index in [9.17, 15) is 54.9 Å². The lowest BCUT2D eigenvalue weighted by molar-refractivity contribution is -0.275. The van der Waals surface area contributed by atoms with E-state index in [0.717, 1.165) is 80.6 Å². The summed E-state index contributed by atoms with van der Waals surface area (Å²) in [4.78, 5) is 150. The number of phenols is 3. The molecule has 11 aliphatic rings. The average Bonchev–Trinajstić information content (AvgIpc) is 0.759. The quantitative estimate of drug-likeness (QED) is 0.0574. The lowest BCUT2D eigenvalue weighted by atomic mass is 9.54. The molecule has 19 N–H and O–H groups in total. The van der Waals surface area contributed by atoms with Crippen LogP contribution in [0.5, 0.6) is 51.7 Å². The highest BCUT2D eigenvalue weighted by Crippen LogP contribution is 2.55. The zero-order chi connectivity index (χ0) is 83.8. The van der Waals surface area contributed by atoms with Crippen molar-refractivity contribution >= 4 is 76.7 Å². The maximum absolute atomic E-state index is 16.5. The van der Waals surface area contributed by atoms with Crippen LogP contribution in [0.1, 0.15) is 129 Å². The Balaban J connectivity index is 0.931. The second-order valence-electron chi connectivity index (χ2n) is 31.6. The van der Waals surface area contributed by atoms with E-state index in [4.69, 9.17) is 40.0 Å². The third-order valence-corrected chi connectivity index (χ3v) is 23.2. The van der Waals surface area contributed by atoms with Crippen LogP contribution in [-0.4, -0.2) is 190 Å². The normalized spacial score (nSPS) is 27.9. The fourth-order valence-corrected chi connectivity index (χ4v) is 17.5. The fourth-order valence-electron chi connectivity index (χ4n) is 17.2. The van der Waals surface area contributed by atoms with Crippen molar-refractivity contribution in [1.82, 2.24) is 58.5 Å². The van der Waals surface area contributed by atoms with Gasteiger partial charge < -0.3 is 123 Å². The maximum atomic E-state index is 16.5. The number of imide groups is 1. The molecule has 14 atom stereocenters. The van der Waals surface area contributed by atoms with Gasteiger partial charge in [-0.25, -0.2) is 9.59 Å². The highest BCUT2D eigenvalue weighted by molar-refractivity contribution is 6.32. The Morgan fingerprint density at radius 1 is 0.653 bits per heavy atom. The number of rotatable bonds is 17. The molecule has 17 rings (SSSR count). The number of aromatic hydroxyl groups is 3. The molecule has 11 amide bonds. The molecule has 118 heavy (non-hydrogen) atoms. The van der Waals surface area contributed by atoms with Crippen molar-refractivity contribution in [2.45, 2.75) is 163 Å². The fraction of sp³-hybridized carbons (Fsp3) is 0.439. The summed E-state index contributed by atoms with van der Waals surface area (Å²) in [5.74, 6) is -12.2. The number of likely N-dealkylation sites (N-methyl/N-ethyl adjacent to an activating group) is 1. The van der Waals surface area contributed by atoms with E-state index in [1.807, 2.05) is 13.8 Å². The van der Waals surface area contributed by atoms with Crippen LogP contribution in [0.3, 0.4) is 0 Å². The van der Waals surface area contributed by atoms with Gasteiger partial charge in [0.05, 0.1) is 30.6 Å². The van der Waals surface area contributed by atoms with Crippen molar-refractivity contribution < 1.29 is 112 Å². The van der Waals surface area contributed by atoms with Gasteiger partial charge in [-0.2, -0.15) is 0 Å². The second-order valence-corrected chi connectivity index (χ2v) is 32.0. The first kappa shape index (κ1) is 82.9. The topological polar surface area (TPSA) is 512 Å². The average molecular weight is 1650 g/mol. The largest absolute Gasteiger partial charge is 0.508 e. The number of alkyl carbamates (subject to hydrolysis) is 1. The van der Waals surface area contributed by atoms with E-state index < -0.39 is 191 Å². The Hall–Kier alpha value is -11.6. The Labute approximate surface area is 680 Å². The Kier molecular flexibility index (Phi) is 24.6. The molecule has 7 heterocycles. The molecule has 15 bridgehead atoms. The van der Waals surface area contributed by atoms with E-state index >= 15 is 28.8 Å². The first-order valence-corrected chi connectivity index (χ1v) is 39.4. The zero-order valence-corrected chi connectivity index (χ0v) is 65.4. The molecule has 0 aromatic heterocycles. The maximum Gasteiger partial charge on any atom is 0.407 e. The summed E-state index contributed by atoms with van der Waals surface area (Å²) in [5, 5.41) is 116. The van der Waals surface area contributed by atoms with E-state index in [1.54, 1.807) is 19.2 Å².